The average Bonchev–Trinajstić information content (AvgIpc) is 2.94. The molecule has 0 saturated heterocycles. The van der Waals surface area contributed by atoms with Crippen molar-refractivity contribution in [2.24, 2.45) is 7.05 Å². The lowest BCUT2D eigenvalue weighted by Crippen LogP contribution is -2.30. The van der Waals surface area contributed by atoms with Crippen molar-refractivity contribution in [1.29, 1.82) is 0 Å². The Morgan fingerprint density at radius 2 is 2.05 bits per heavy atom. The minimum absolute atomic E-state index is 0.00576. The molecule has 2 aromatic rings. The maximum absolute atomic E-state index is 12.5. The molecular formula is C15H20ClN3OS. The zero-order valence-corrected chi connectivity index (χ0v) is 14.5. The SMILES string of the molecule is Cc1nn(C)c(C)c1[C@@H](C)C(=O)N[C@@H](C)c1ccc(Cl)s1. The average molecular weight is 326 g/mol. The van der Waals surface area contributed by atoms with Gasteiger partial charge in [0.1, 0.15) is 0 Å². The Balaban J connectivity index is 2.12. The smallest absolute Gasteiger partial charge is 0.227 e. The maximum Gasteiger partial charge on any atom is 0.227 e. The third-order valence-electron chi connectivity index (χ3n) is 3.77. The number of nitrogens with zero attached hydrogens (tertiary/aromatic N) is 2. The fourth-order valence-corrected chi connectivity index (χ4v) is 3.58. The summed E-state index contributed by atoms with van der Waals surface area (Å²) in [5.74, 6) is -0.220. The van der Waals surface area contributed by atoms with Crippen molar-refractivity contribution in [2.75, 3.05) is 0 Å². The number of nitrogens with one attached hydrogen (secondary N) is 1. The fraction of sp³-hybridized carbons (Fsp3) is 0.467. The summed E-state index contributed by atoms with van der Waals surface area (Å²) in [6.07, 6.45) is 0. The van der Waals surface area contributed by atoms with Crippen molar-refractivity contribution < 1.29 is 4.79 Å². The van der Waals surface area contributed by atoms with Crippen molar-refractivity contribution in [1.82, 2.24) is 15.1 Å². The second-order valence-corrected chi connectivity index (χ2v) is 7.05. The van der Waals surface area contributed by atoms with Crippen LogP contribution in [0.4, 0.5) is 0 Å². The van der Waals surface area contributed by atoms with Gasteiger partial charge in [0.2, 0.25) is 5.91 Å². The molecule has 4 nitrogen and oxygen atoms in total. The molecule has 0 aliphatic carbocycles. The van der Waals surface area contributed by atoms with Gasteiger partial charge < -0.3 is 5.32 Å². The molecule has 0 spiro atoms. The number of thiophene rings is 1. The highest BCUT2D eigenvalue weighted by Gasteiger charge is 2.24. The summed E-state index contributed by atoms with van der Waals surface area (Å²) in [4.78, 5) is 13.5. The second-order valence-electron chi connectivity index (χ2n) is 5.30. The molecule has 1 amide bonds. The molecule has 2 atom stereocenters. The largest absolute Gasteiger partial charge is 0.348 e. The van der Waals surface area contributed by atoms with E-state index >= 15 is 0 Å². The number of hydrogen-bond acceptors (Lipinski definition) is 3. The Hall–Kier alpha value is -1.33. The van der Waals surface area contributed by atoms with E-state index in [1.165, 1.54) is 11.3 Å². The lowest BCUT2D eigenvalue weighted by Gasteiger charge is -2.17. The highest BCUT2D eigenvalue weighted by molar-refractivity contribution is 7.16. The number of aryl methyl sites for hydroxylation is 2. The fourth-order valence-electron chi connectivity index (χ4n) is 2.52. The van der Waals surface area contributed by atoms with Crippen molar-refractivity contribution in [3.05, 3.63) is 38.3 Å². The molecule has 2 heterocycles. The van der Waals surface area contributed by atoms with E-state index in [1.807, 2.05) is 51.6 Å². The number of hydrogen-bond donors (Lipinski definition) is 1. The highest BCUT2D eigenvalue weighted by Crippen LogP contribution is 2.28. The Labute approximate surface area is 134 Å². The maximum atomic E-state index is 12.5. The molecule has 6 heteroatoms. The highest BCUT2D eigenvalue weighted by atomic mass is 35.5. The topological polar surface area (TPSA) is 46.9 Å². The number of carbonyl (C=O) groups is 1. The predicted molar refractivity (Wildman–Crippen MR) is 87.0 cm³/mol. The first-order valence-electron chi connectivity index (χ1n) is 6.87. The van der Waals surface area contributed by atoms with E-state index in [-0.39, 0.29) is 17.9 Å². The summed E-state index contributed by atoms with van der Waals surface area (Å²) < 4.78 is 2.55. The van der Waals surface area contributed by atoms with E-state index in [0.29, 0.717) is 0 Å². The minimum Gasteiger partial charge on any atom is -0.348 e. The van der Waals surface area contributed by atoms with Crippen molar-refractivity contribution in [3.63, 3.8) is 0 Å². The molecule has 21 heavy (non-hydrogen) atoms. The monoisotopic (exact) mass is 325 g/mol. The van der Waals surface area contributed by atoms with Crippen LogP contribution in [0.3, 0.4) is 0 Å². The molecule has 0 aliphatic rings. The van der Waals surface area contributed by atoms with Crippen LogP contribution in [0, 0.1) is 13.8 Å². The normalized spacial score (nSPS) is 14.0. The van der Waals surface area contributed by atoms with Crippen LogP contribution in [0.15, 0.2) is 12.1 Å². The van der Waals surface area contributed by atoms with Crippen LogP contribution in [0.2, 0.25) is 4.34 Å². The van der Waals surface area contributed by atoms with E-state index in [9.17, 15) is 4.79 Å². The molecule has 0 fully saturated rings. The molecular weight excluding hydrogens is 306 g/mol. The van der Waals surface area contributed by atoms with Gasteiger partial charge >= 0.3 is 0 Å². The number of rotatable bonds is 4. The Bertz CT molecular complexity index is 662. The first-order valence-corrected chi connectivity index (χ1v) is 8.06. The minimum atomic E-state index is -0.225. The van der Waals surface area contributed by atoms with Gasteiger partial charge in [-0.05, 0) is 39.8 Å². The Morgan fingerprint density at radius 3 is 2.52 bits per heavy atom. The van der Waals surface area contributed by atoms with Gasteiger partial charge in [0, 0.05) is 23.2 Å². The van der Waals surface area contributed by atoms with E-state index in [2.05, 4.69) is 10.4 Å². The van der Waals surface area contributed by atoms with Gasteiger partial charge in [0.25, 0.3) is 0 Å². The molecule has 0 radical (unpaired) electrons. The predicted octanol–water partition coefficient (Wildman–Crippen LogP) is 3.73. The summed E-state index contributed by atoms with van der Waals surface area (Å²) in [5, 5.41) is 7.42. The molecule has 2 aromatic heterocycles. The number of aromatic nitrogens is 2. The van der Waals surface area contributed by atoms with E-state index < -0.39 is 0 Å². The van der Waals surface area contributed by atoms with Gasteiger partial charge in [-0.3, -0.25) is 9.48 Å². The van der Waals surface area contributed by atoms with Gasteiger partial charge in [-0.2, -0.15) is 5.10 Å². The van der Waals surface area contributed by atoms with Crippen LogP contribution in [-0.2, 0) is 11.8 Å². The summed E-state index contributed by atoms with van der Waals surface area (Å²) in [6, 6.07) is 3.75. The molecule has 0 aromatic carbocycles. The van der Waals surface area contributed by atoms with Gasteiger partial charge in [0.05, 0.1) is 22.0 Å². The van der Waals surface area contributed by atoms with E-state index in [0.717, 1.165) is 26.2 Å². The van der Waals surface area contributed by atoms with Crippen LogP contribution < -0.4 is 5.32 Å². The van der Waals surface area contributed by atoms with Crippen LogP contribution in [-0.4, -0.2) is 15.7 Å². The first kappa shape index (κ1) is 16.0. The summed E-state index contributed by atoms with van der Waals surface area (Å²) in [6.45, 7) is 7.81. The van der Waals surface area contributed by atoms with Gasteiger partial charge in [-0.25, -0.2) is 0 Å². The van der Waals surface area contributed by atoms with Crippen molar-refractivity contribution in [3.8, 4) is 0 Å². The van der Waals surface area contributed by atoms with Crippen LogP contribution in [0.25, 0.3) is 0 Å². The molecule has 0 saturated carbocycles. The standard InChI is InChI=1S/C15H20ClN3OS/c1-8(14-10(3)18-19(5)11(14)4)15(20)17-9(2)12-6-7-13(16)21-12/h6-9H,1-5H3,(H,17,20)/t8-,9+/m1/s1. The van der Waals surface area contributed by atoms with Gasteiger partial charge in [-0.15, -0.1) is 11.3 Å². The van der Waals surface area contributed by atoms with Gasteiger partial charge in [0.15, 0.2) is 0 Å². The Kier molecular flexibility index (Phi) is 4.74. The third-order valence-corrected chi connectivity index (χ3v) is 5.18. The molecule has 1 N–H and O–H groups in total. The Morgan fingerprint density at radius 1 is 1.38 bits per heavy atom. The number of carbonyl (C=O) groups excluding carboxylic acids is 1. The zero-order chi connectivity index (χ0) is 15.7. The number of halogens is 1. The first-order chi connectivity index (χ1) is 9.81. The van der Waals surface area contributed by atoms with Gasteiger partial charge in [-0.1, -0.05) is 11.6 Å². The second kappa shape index (κ2) is 6.20. The molecule has 0 aliphatic heterocycles. The van der Waals surface area contributed by atoms with E-state index in [1.54, 1.807) is 0 Å². The summed E-state index contributed by atoms with van der Waals surface area (Å²) in [7, 11) is 1.90. The molecule has 0 unspecified atom stereocenters. The zero-order valence-electron chi connectivity index (χ0n) is 12.9. The van der Waals surface area contributed by atoms with Crippen LogP contribution in [0.1, 0.15) is 47.6 Å². The quantitative estimate of drug-likeness (QED) is 0.931. The molecule has 114 valence electrons. The van der Waals surface area contributed by atoms with Crippen LogP contribution in [0.5, 0.6) is 0 Å². The summed E-state index contributed by atoms with van der Waals surface area (Å²) in [5.41, 5.74) is 2.94. The van der Waals surface area contributed by atoms with E-state index in [4.69, 9.17) is 11.6 Å². The molecule has 2 rings (SSSR count). The number of amides is 1. The molecule has 0 bridgehead atoms. The third kappa shape index (κ3) is 3.30. The lowest BCUT2D eigenvalue weighted by atomic mass is 9.98. The summed E-state index contributed by atoms with van der Waals surface area (Å²) >= 11 is 7.43. The lowest BCUT2D eigenvalue weighted by molar-refractivity contribution is -0.122. The van der Waals surface area contributed by atoms with Crippen molar-refractivity contribution >= 4 is 28.8 Å². The van der Waals surface area contributed by atoms with Crippen LogP contribution >= 0.6 is 22.9 Å². The van der Waals surface area contributed by atoms with Crippen molar-refractivity contribution in [2.45, 2.75) is 39.7 Å².